The second-order valence-electron chi connectivity index (χ2n) is 3.68. The van der Waals surface area contributed by atoms with Crippen LogP contribution >= 0.6 is 0 Å². The zero-order chi connectivity index (χ0) is 11.8. The maximum atomic E-state index is 13.0. The van der Waals surface area contributed by atoms with E-state index in [9.17, 15) is 12.8 Å². The summed E-state index contributed by atoms with van der Waals surface area (Å²) < 4.78 is 35.3. The van der Waals surface area contributed by atoms with Gasteiger partial charge in [0.15, 0.2) is 9.84 Å². The molecule has 1 aromatic carbocycles. The van der Waals surface area contributed by atoms with E-state index >= 15 is 0 Å². The van der Waals surface area contributed by atoms with E-state index in [4.69, 9.17) is 5.73 Å². The summed E-state index contributed by atoms with van der Waals surface area (Å²) >= 11 is 0. The van der Waals surface area contributed by atoms with Crippen molar-refractivity contribution in [2.24, 2.45) is 0 Å². The smallest absolute Gasteiger partial charge is 0.173 e. The van der Waals surface area contributed by atoms with Crippen molar-refractivity contribution in [3.8, 4) is 0 Å². The fourth-order valence-corrected chi connectivity index (χ4v) is 2.81. The van der Waals surface area contributed by atoms with Crippen molar-refractivity contribution in [1.29, 1.82) is 0 Å². The monoisotopic (exact) mass is 242 g/mol. The minimum absolute atomic E-state index is 0.0105. The highest BCUT2D eigenvalue weighted by Crippen LogP contribution is 2.19. The molecule has 0 amide bonds. The minimum Gasteiger partial charge on any atom is -0.399 e. The van der Waals surface area contributed by atoms with E-state index in [1.54, 1.807) is 6.07 Å². The molecule has 3 N–H and O–H groups in total. The number of nitrogen functional groups attached to an aromatic ring is 1. The van der Waals surface area contributed by atoms with Crippen molar-refractivity contribution in [3.05, 3.63) is 35.5 Å². The topological polar surface area (TPSA) is 72.2 Å². The first kappa shape index (κ1) is 10.9. The summed E-state index contributed by atoms with van der Waals surface area (Å²) in [5, 5.41) is 4.05. The van der Waals surface area contributed by atoms with Gasteiger partial charge >= 0.3 is 0 Å². The van der Waals surface area contributed by atoms with E-state index in [1.807, 2.05) is 0 Å². The molecule has 1 aliphatic rings. The summed E-state index contributed by atoms with van der Waals surface area (Å²) in [6.07, 6.45) is 1.54. The zero-order valence-electron chi connectivity index (χ0n) is 8.35. The number of anilines is 2. The first-order valence-corrected chi connectivity index (χ1v) is 6.40. The van der Waals surface area contributed by atoms with Crippen LogP contribution in [-0.2, 0) is 9.84 Å². The molecule has 2 rings (SSSR count). The molecule has 0 fully saturated rings. The Morgan fingerprint density at radius 2 is 2.12 bits per heavy atom. The van der Waals surface area contributed by atoms with Gasteiger partial charge in [-0.3, -0.25) is 0 Å². The highest BCUT2D eigenvalue weighted by atomic mass is 32.2. The highest BCUT2D eigenvalue weighted by Gasteiger charge is 2.21. The van der Waals surface area contributed by atoms with Crippen LogP contribution in [0.3, 0.4) is 0 Å². The molecule has 16 heavy (non-hydrogen) atoms. The van der Waals surface area contributed by atoms with E-state index < -0.39 is 15.7 Å². The van der Waals surface area contributed by atoms with Gasteiger partial charge in [0, 0.05) is 16.8 Å². The van der Waals surface area contributed by atoms with Gasteiger partial charge < -0.3 is 11.1 Å². The fraction of sp³-hybridized carbons (Fsp3) is 0.200. The lowest BCUT2D eigenvalue weighted by Gasteiger charge is -2.11. The van der Waals surface area contributed by atoms with Gasteiger partial charge in [0.2, 0.25) is 0 Å². The number of halogens is 1. The van der Waals surface area contributed by atoms with Gasteiger partial charge in [-0.05, 0) is 18.2 Å². The van der Waals surface area contributed by atoms with Crippen LogP contribution in [0.2, 0.25) is 0 Å². The van der Waals surface area contributed by atoms with Gasteiger partial charge in [0.25, 0.3) is 0 Å². The maximum Gasteiger partial charge on any atom is 0.173 e. The summed E-state index contributed by atoms with van der Waals surface area (Å²) in [7, 11) is -3.10. The van der Waals surface area contributed by atoms with Crippen LogP contribution in [0.5, 0.6) is 0 Å². The Bertz CT molecular complexity index is 520. The maximum absolute atomic E-state index is 13.0. The average Bonchev–Trinajstić information content (AvgIpc) is 2.43. The Morgan fingerprint density at radius 1 is 1.38 bits per heavy atom. The van der Waals surface area contributed by atoms with Crippen molar-refractivity contribution in [2.45, 2.75) is 6.04 Å². The third kappa shape index (κ3) is 2.52. The van der Waals surface area contributed by atoms with Crippen LogP contribution in [-0.4, -0.2) is 20.2 Å². The first-order chi connectivity index (χ1) is 7.44. The molecule has 0 bridgehead atoms. The van der Waals surface area contributed by atoms with Gasteiger partial charge in [-0.25, -0.2) is 12.8 Å². The molecule has 0 spiro atoms. The average molecular weight is 242 g/mol. The molecule has 4 nitrogen and oxygen atoms in total. The number of nitrogens with two attached hydrogens (primary N) is 1. The van der Waals surface area contributed by atoms with Crippen molar-refractivity contribution < 1.29 is 12.8 Å². The largest absolute Gasteiger partial charge is 0.399 e. The molecule has 1 atom stereocenters. The van der Waals surface area contributed by atoms with Crippen LogP contribution in [0.15, 0.2) is 29.7 Å². The lowest BCUT2D eigenvalue weighted by molar-refractivity contribution is 0.605. The summed E-state index contributed by atoms with van der Waals surface area (Å²) in [4.78, 5) is 0. The van der Waals surface area contributed by atoms with E-state index in [1.165, 1.54) is 18.2 Å². The van der Waals surface area contributed by atoms with Crippen molar-refractivity contribution in [3.63, 3.8) is 0 Å². The number of nitrogens with one attached hydrogen (secondary N) is 1. The van der Waals surface area contributed by atoms with E-state index in [-0.39, 0.29) is 11.8 Å². The Balaban J connectivity index is 2.14. The second-order valence-corrected chi connectivity index (χ2v) is 5.61. The third-order valence-electron chi connectivity index (χ3n) is 2.20. The Morgan fingerprint density at radius 3 is 2.69 bits per heavy atom. The first-order valence-electron chi connectivity index (χ1n) is 4.68. The molecule has 0 saturated carbocycles. The van der Waals surface area contributed by atoms with Gasteiger partial charge in [0.05, 0.1) is 11.8 Å². The summed E-state index contributed by atoms with van der Waals surface area (Å²) in [6, 6.07) is 3.70. The molecule has 1 aromatic rings. The van der Waals surface area contributed by atoms with Gasteiger partial charge in [0.1, 0.15) is 5.82 Å². The second kappa shape index (κ2) is 3.79. The molecule has 0 saturated heterocycles. The van der Waals surface area contributed by atoms with Crippen molar-refractivity contribution in [2.75, 3.05) is 16.8 Å². The predicted octanol–water partition coefficient (Wildman–Crippen LogP) is 1.13. The highest BCUT2D eigenvalue weighted by molar-refractivity contribution is 7.94. The Kier molecular flexibility index (Phi) is 2.59. The Labute approximate surface area is 92.9 Å². The summed E-state index contributed by atoms with van der Waals surface area (Å²) in [5.41, 5.74) is 6.25. The number of rotatable bonds is 2. The third-order valence-corrected chi connectivity index (χ3v) is 3.60. The van der Waals surface area contributed by atoms with Gasteiger partial charge in [-0.2, -0.15) is 0 Å². The number of sulfone groups is 1. The van der Waals surface area contributed by atoms with Gasteiger partial charge in [-0.1, -0.05) is 6.08 Å². The van der Waals surface area contributed by atoms with Crippen molar-refractivity contribution >= 4 is 21.2 Å². The Hall–Kier alpha value is -1.56. The van der Waals surface area contributed by atoms with Crippen LogP contribution < -0.4 is 11.1 Å². The molecule has 1 heterocycles. The minimum atomic E-state index is -3.10. The van der Waals surface area contributed by atoms with Crippen molar-refractivity contribution in [1.82, 2.24) is 0 Å². The zero-order valence-corrected chi connectivity index (χ0v) is 9.17. The number of benzene rings is 1. The SMILES string of the molecule is Nc1cc(F)cc(NC2C=CS(=O)(=O)C2)c1. The quantitative estimate of drug-likeness (QED) is 0.762. The van der Waals surface area contributed by atoms with E-state index in [2.05, 4.69) is 5.32 Å². The number of hydrogen-bond acceptors (Lipinski definition) is 4. The summed E-state index contributed by atoms with van der Waals surface area (Å²) in [6.45, 7) is 0. The van der Waals surface area contributed by atoms with Crippen LogP contribution in [0.1, 0.15) is 0 Å². The molecule has 1 aliphatic heterocycles. The van der Waals surface area contributed by atoms with Crippen LogP contribution in [0, 0.1) is 5.82 Å². The van der Waals surface area contributed by atoms with Crippen LogP contribution in [0.25, 0.3) is 0 Å². The molecule has 0 aromatic heterocycles. The fourth-order valence-electron chi connectivity index (χ4n) is 1.58. The van der Waals surface area contributed by atoms with Gasteiger partial charge in [-0.15, -0.1) is 0 Å². The molecular formula is C10H11FN2O2S. The van der Waals surface area contributed by atoms with Crippen LogP contribution in [0.4, 0.5) is 15.8 Å². The molecule has 1 unspecified atom stereocenters. The molecule has 86 valence electrons. The lowest BCUT2D eigenvalue weighted by Crippen LogP contribution is -2.20. The molecular weight excluding hydrogens is 231 g/mol. The van der Waals surface area contributed by atoms with E-state index in [0.717, 1.165) is 5.41 Å². The normalized spacial score (nSPS) is 22.2. The number of hydrogen-bond donors (Lipinski definition) is 2. The molecule has 0 radical (unpaired) electrons. The van der Waals surface area contributed by atoms with E-state index in [0.29, 0.717) is 11.4 Å². The lowest BCUT2D eigenvalue weighted by atomic mass is 10.2. The standard InChI is InChI=1S/C10H11FN2O2S/c11-7-3-8(12)5-10(4-7)13-9-1-2-16(14,15)6-9/h1-5,9,13H,6,12H2. The summed E-state index contributed by atoms with van der Waals surface area (Å²) in [5.74, 6) is -0.462. The molecule has 0 aliphatic carbocycles. The predicted molar refractivity (Wildman–Crippen MR) is 61.1 cm³/mol. The molecule has 6 heteroatoms.